The molecule has 1 N–H and O–H groups in total. The second-order valence-corrected chi connectivity index (χ2v) is 9.20. The van der Waals surface area contributed by atoms with Gasteiger partial charge in [-0.05, 0) is 56.9 Å². The summed E-state index contributed by atoms with van der Waals surface area (Å²) in [5.74, 6) is -3.28. The van der Waals surface area contributed by atoms with Crippen molar-refractivity contribution in [3.8, 4) is 0 Å². The van der Waals surface area contributed by atoms with Gasteiger partial charge in [0, 0.05) is 18.5 Å². The van der Waals surface area contributed by atoms with Crippen molar-refractivity contribution >= 4 is 17.7 Å². The molecule has 7 heteroatoms. The highest BCUT2D eigenvalue weighted by Crippen LogP contribution is 2.47. The van der Waals surface area contributed by atoms with Crippen molar-refractivity contribution in [3.05, 3.63) is 65.7 Å². The summed E-state index contributed by atoms with van der Waals surface area (Å²) in [4.78, 5) is 25.2. The number of carbonyl (C=O) groups excluding carboxylic acids is 2. The first kappa shape index (κ1) is 23.7. The number of anilines is 1. The standard InChI is InChI=1S/C25H29F2NO4/c1-23(2,3)32-21(29)24(13-15-25(26,27)16-14-24)19-9-11-20(12-10-19)28-22(30)31-17-18-7-5-4-6-8-18/h4-12H,13-17H2,1-3H3,(H,28,30). The van der Waals surface area contributed by atoms with E-state index in [1.807, 2.05) is 30.3 Å². The van der Waals surface area contributed by atoms with Gasteiger partial charge < -0.3 is 9.47 Å². The molecule has 0 heterocycles. The van der Waals surface area contributed by atoms with Crippen LogP contribution >= 0.6 is 0 Å². The Morgan fingerprint density at radius 3 is 2.09 bits per heavy atom. The SMILES string of the molecule is CC(C)(C)OC(=O)C1(c2ccc(NC(=O)OCc3ccccc3)cc2)CCC(F)(F)CC1. The van der Waals surface area contributed by atoms with Gasteiger partial charge in [-0.25, -0.2) is 13.6 Å². The van der Waals surface area contributed by atoms with Gasteiger partial charge in [0.25, 0.3) is 0 Å². The average Bonchev–Trinajstić information content (AvgIpc) is 2.73. The summed E-state index contributed by atoms with van der Waals surface area (Å²) in [5, 5.41) is 2.64. The van der Waals surface area contributed by atoms with Crippen LogP contribution in [0.1, 0.15) is 57.6 Å². The highest BCUT2D eigenvalue weighted by Gasteiger charge is 2.50. The number of rotatable bonds is 5. The number of esters is 1. The molecular weight excluding hydrogens is 416 g/mol. The van der Waals surface area contributed by atoms with Gasteiger partial charge in [0.2, 0.25) is 5.92 Å². The molecule has 0 atom stereocenters. The molecule has 5 nitrogen and oxygen atoms in total. The Kier molecular flexibility index (Phi) is 6.86. The van der Waals surface area contributed by atoms with E-state index in [2.05, 4.69) is 5.32 Å². The summed E-state index contributed by atoms with van der Waals surface area (Å²) >= 11 is 0. The van der Waals surface area contributed by atoms with Crippen LogP contribution in [0.2, 0.25) is 0 Å². The fraction of sp³-hybridized carbons (Fsp3) is 0.440. The van der Waals surface area contributed by atoms with Crippen molar-refractivity contribution in [1.82, 2.24) is 0 Å². The van der Waals surface area contributed by atoms with Gasteiger partial charge in [0.15, 0.2) is 0 Å². The first-order valence-corrected chi connectivity index (χ1v) is 10.7. The lowest BCUT2D eigenvalue weighted by atomic mass is 9.68. The number of hydrogen-bond acceptors (Lipinski definition) is 4. The van der Waals surface area contributed by atoms with Crippen molar-refractivity contribution < 1.29 is 27.8 Å². The van der Waals surface area contributed by atoms with Crippen LogP contribution in [0, 0.1) is 0 Å². The molecule has 2 aromatic rings. The molecule has 1 amide bonds. The van der Waals surface area contributed by atoms with Crippen LogP contribution in [-0.4, -0.2) is 23.6 Å². The maximum atomic E-state index is 13.9. The van der Waals surface area contributed by atoms with Gasteiger partial charge in [-0.15, -0.1) is 0 Å². The largest absolute Gasteiger partial charge is 0.459 e. The normalized spacial score (nSPS) is 17.3. The lowest BCUT2D eigenvalue weighted by molar-refractivity contribution is -0.167. The Hall–Kier alpha value is -2.96. The van der Waals surface area contributed by atoms with E-state index in [0.717, 1.165) is 5.56 Å². The first-order valence-electron chi connectivity index (χ1n) is 10.7. The Labute approximate surface area is 187 Å². The maximum absolute atomic E-state index is 13.9. The summed E-state index contributed by atoms with van der Waals surface area (Å²) in [7, 11) is 0. The first-order chi connectivity index (χ1) is 15.0. The summed E-state index contributed by atoms with van der Waals surface area (Å²) in [6.07, 6.45) is -1.36. The van der Waals surface area contributed by atoms with Crippen LogP contribution in [0.4, 0.5) is 19.3 Å². The molecule has 2 aromatic carbocycles. The van der Waals surface area contributed by atoms with E-state index < -0.39 is 29.0 Å². The zero-order chi connectivity index (χ0) is 23.4. The van der Waals surface area contributed by atoms with Gasteiger partial charge >= 0.3 is 12.1 Å². The van der Waals surface area contributed by atoms with Crippen LogP contribution in [0.5, 0.6) is 0 Å². The van der Waals surface area contributed by atoms with E-state index in [9.17, 15) is 18.4 Å². The minimum absolute atomic E-state index is 0.000799. The van der Waals surface area contributed by atoms with Gasteiger partial charge in [-0.1, -0.05) is 42.5 Å². The molecule has 0 aromatic heterocycles. The Balaban J connectivity index is 1.71. The molecule has 32 heavy (non-hydrogen) atoms. The van der Waals surface area contributed by atoms with Crippen molar-refractivity contribution in [3.63, 3.8) is 0 Å². The van der Waals surface area contributed by atoms with Crippen LogP contribution in [-0.2, 0) is 26.3 Å². The second-order valence-electron chi connectivity index (χ2n) is 9.20. The Bertz CT molecular complexity index is 927. The van der Waals surface area contributed by atoms with E-state index in [1.165, 1.54) is 0 Å². The molecule has 0 bridgehead atoms. The Morgan fingerprint density at radius 1 is 0.938 bits per heavy atom. The van der Waals surface area contributed by atoms with Crippen molar-refractivity contribution in [1.29, 1.82) is 0 Å². The topological polar surface area (TPSA) is 64.6 Å². The van der Waals surface area contributed by atoms with Crippen molar-refractivity contribution in [2.75, 3.05) is 5.32 Å². The van der Waals surface area contributed by atoms with Crippen LogP contribution in [0.3, 0.4) is 0 Å². The number of nitrogens with one attached hydrogen (secondary N) is 1. The molecule has 0 radical (unpaired) electrons. The fourth-order valence-electron chi connectivity index (χ4n) is 3.78. The number of ether oxygens (including phenoxy) is 2. The molecular formula is C25H29F2NO4. The number of hydrogen-bond donors (Lipinski definition) is 1. The monoisotopic (exact) mass is 445 g/mol. The van der Waals surface area contributed by atoms with Gasteiger partial charge in [-0.2, -0.15) is 0 Å². The van der Waals surface area contributed by atoms with E-state index in [1.54, 1.807) is 45.0 Å². The van der Waals surface area contributed by atoms with Gasteiger partial charge in [0.05, 0.1) is 5.41 Å². The molecule has 1 fully saturated rings. The quantitative estimate of drug-likeness (QED) is 0.555. The van der Waals surface area contributed by atoms with Crippen LogP contribution in [0.15, 0.2) is 54.6 Å². The number of alkyl halides is 2. The summed E-state index contributed by atoms with van der Waals surface area (Å²) in [6, 6.07) is 15.9. The molecule has 3 rings (SSSR count). The second kappa shape index (κ2) is 9.27. The zero-order valence-electron chi connectivity index (χ0n) is 18.6. The zero-order valence-corrected chi connectivity index (χ0v) is 18.6. The predicted molar refractivity (Wildman–Crippen MR) is 118 cm³/mol. The molecule has 0 spiro atoms. The molecule has 0 aliphatic heterocycles. The number of carbonyl (C=O) groups is 2. The lowest BCUT2D eigenvalue weighted by Gasteiger charge is -2.40. The van der Waals surface area contributed by atoms with Crippen molar-refractivity contribution in [2.24, 2.45) is 0 Å². The van der Waals surface area contributed by atoms with E-state index in [-0.39, 0.29) is 32.3 Å². The molecule has 1 saturated carbocycles. The number of amides is 1. The number of halogens is 2. The minimum Gasteiger partial charge on any atom is -0.459 e. The molecule has 1 aliphatic rings. The summed E-state index contributed by atoms with van der Waals surface area (Å²) in [6.45, 7) is 5.40. The lowest BCUT2D eigenvalue weighted by Crippen LogP contribution is -2.46. The predicted octanol–water partition coefficient (Wildman–Crippen LogP) is 6.22. The molecule has 0 saturated heterocycles. The summed E-state index contributed by atoms with van der Waals surface area (Å²) in [5.41, 5.74) is 0.0826. The maximum Gasteiger partial charge on any atom is 0.411 e. The third-order valence-electron chi connectivity index (χ3n) is 5.52. The molecule has 172 valence electrons. The van der Waals surface area contributed by atoms with Crippen LogP contribution in [0.25, 0.3) is 0 Å². The number of benzene rings is 2. The fourth-order valence-corrected chi connectivity index (χ4v) is 3.78. The minimum atomic E-state index is -2.78. The molecule has 0 unspecified atom stereocenters. The van der Waals surface area contributed by atoms with E-state index in [4.69, 9.17) is 9.47 Å². The van der Waals surface area contributed by atoms with Gasteiger partial charge in [0.1, 0.15) is 12.2 Å². The van der Waals surface area contributed by atoms with Crippen LogP contribution < -0.4 is 5.32 Å². The smallest absolute Gasteiger partial charge is 0.411 e. The third kappa shape index (κ3) is 6.05. The average molecular weight is 446 g/mol. The van der Waals surface area contributed by atoms with Gasteiger partial charge in [-0.3, -0.25) is 10.1 Å². The highest BCUT2D eigenvalue weighted by atomic mass is 19.3. The van der Waals surface area contributed by atoms with Crippen molar-refractivity contribution in [2.45, 2.75) is 70.0 Å². The highest BCUT2D eigenvalue weighted by molar-refractivity contribution is 5.86. The van der Waals surface area contributed by atoms with E-state index >= 15 is 0 Å². The third-order valence-corrected chi connectivity index (χ3v) is 5.52. The Morgan fingerprint density at radius 2 is 1.53 bits per heavy atom. The summed E-state index contributed by atoms with van der Waals surface area (Å²) < 4.78 is 38.5. The van der Waals surface area contributed by atoms with E-state index in [0.29, 0.717) is 11.3 Å². The molecule has 1 aliphatic carbocycles.